The number of nitrogens with zero attached hydrogens (tertiary/aromatic N) is 3. The van der Waals surface area contributed by atoms with Crippen molar-refractivity contribution in [3.05, 3.63) is 96.7 Å². The lowest BCUT2D eigenvalue weighted by Gasteiger charge is -2.14. The van der Waals surface area contributed by atoms with E-state index in [4.69, 9.17) is 23.2 Å². The average molecular weight is 515 g/mol. The number of carbonyl (C=O) groups is 1. The number of amides is 1. The Morgan fingerprint density at radius 2 is 1.88 bits per heavy atom. The van der Waals surface area contributed by atoms with Gasteiger partial charge < -0.3 is 5.32 Å². The number of nitro benzene ring substituents is 1. The molecule has 0 aliphatic carbocycles. The molecule has 1 N–H and O–H groups in total. The number of hydrogen-bond acceptors (Lipinski definition) is 6. The molecule has 3 aromatic carbocycles. The summed E-state index contributed by atoms with van der Waals surface area (Å²) in [6.07, 6.45) is 0. The Bertz CT molecular complexity index is 1510. The second kappa shape index (κ2) is 9.84. The van der Waals surface area contributed by atoms with E-state index in [2.05, 4.69) is 10.3 Å². The maximum absolute atomic E-state index is 13.3. The molecule has 1 amide bonds. The number of non-ortho nitro benzene ring substituents is 1. The van der Waals surface area contributed by atoms with Gasteiger partial charge in [0.25, 0.3) is 11.2 Å². The zero-order chi connectivity index (χ0) is 24.4. The van der Waals surface area contributed by atoms with Gasteiger partial charge in [-0.15, -0.1) is 0 Å². The highest BCUT2D eigenvalue weighted by atomic mass is 35.5. The van der Waals surface area contributed by atoms with E-state index in [0.29, 0.717) is 26.8 Å². The lowest BCUT2D eigenvalue weighted by atomic mass is 10.2. The van der Waals surface area contributed by atoms with Gasteiger partial charge in [-0.05, 0) is 42.8 Å². The van der Waals surface area contributed by atoms with Gasteiger partial charge in [0.05, 0.1) is 38.0 Å². The number of carbonyl (C=O) groups excluding carboxylic acids is 1. The predicted molar refractivity (Wildman–Crippen MR) is 135 cm³/mol. The fourth-order valence-electron chi connectivity index (χ4n) is 3.19. The van der Waals surface area contributed by atoms with Crippen molar-refractivity contribution in [3.8, 4) is 5.69 Å². The zero-order valence-corrected chi connectivity index (χ0v) is 19.9. The van der Waals surface area contributed by atoms with E-state index in [9.17, 15) is 19.7 Å². The van der Waals surface area contributed by atoms with Crippen LogP contribution in [0.5, 0.6) is 0 Å². The van der Waals surface area contributed by atoms with Crippen LogP contribution >= 0.6 is 35.0 Å². The quantitative estimate of drug-likeness (QED) is 0.154. The highest BCUT2D eigenvalue weighted by molar-refractivity contribution is 7.99. The lowest BCUT2D eigenvalue weighted by molar-refractivity contribution is -0.384. The Balaban J connectivity index is 1.65. The number of rotatable bonds is 6. The molecule has 0 bridgehead atoms. The summed E-state index contributed by atoms with van der Waals surface area (Å²) < 4.78 is 1.42. The lowest BCUT2D eigenvalue weighted by Crippen LogP contribution is -2.23. The van der Waals surface area contributed by atoms with Crippen LogP contribution in [0.3, 0.4) is 0 Å². The van der Waals surface area contributed by atoms with Crippen molar-refractivity contribution < 1.29 is 9.72 Å². The highest BCUT2D eigenvalue weighted by Crippen LogP contribution is 2.28. The molecule has 0 aliphatic rings. The predicted octanol–water partition coefficient (Wildman–Crippen LogP) is 5.64. The number of aromatic nitrogens is 2. The molecule has 1 heterocycles. The van der Waals surface area contributed by atoms with E-state index in [1.807, 2.05) is 6.92 Å². The number of fused-ring (bicyclic) bond motifs is 1. The number of aryl methyl sites for hydroxylation is 1. The average Bonchev–Trinajstić information content (AvgIpc) is 2.81. The van der Waals surface area contributed by atoms with E-state index in [0.717, 1.165) is 23.4 Å². The summed E-state index contributed by atoms with van der Waals surface area (Å²) in [6.45, 7) is 1.86. The molecule has 0 atom stereocenters. The van der Waals surface area contributed by atoms with E-state index in [1.165, 1.54) is 16.7 Å². The fraction of sp³-hybridized carbons (Fsp3) is 0.0870. The van der Waals surface area contributed by atoms with Gasteiger partial charge in [-0.3, -0.25) is 24.3 Å². The minimum atomic E-state index is -0.574. The molecular formula is C23H16Cl2N4O4S. The molecule has 0 unspecified atom stereocenters. The van der Waals surface area contributed by atoms with Crippen molar-refractivity contribution >= 4 is 63.1 Å². The summed E-state index contributed by atoms with van der Waals surface area (Å²) in [6, 6.07) is 16.0. The third-order valence-corrected chi connectivity index (χ3v) is 6.59. The number of nitro groups is 1. The third kappa shape index (κ3) is 4.91. The maximum atomic E-state index is 13.3. The van der Waals surface area contributed by atoms with Gasteiger partial charge in [0.15, 0.2) is 5.16 Å². The van der Waals surface area contributed by atoms with Crippen molar-refractivity contribution in [1.29, 1.82) is 0 Å². The first kappa shape index (κ1) is 23.7. The van der Waals surface area contributed by atoms with Gasteiger partial charge in [-0.2, -0.15) is 0 Å². The molecule has 4 rings (SSSR count). The van der Waals surface area contributed by atoms with Gasteiger partial charge in [0, 0.05) is 17.2 Å². The second-order valence-electron chi connectivity index (χ2n) is 7.24. The van der Waals surface area contributed by atoms with Gasteiger partial charge in [-0.1, -0.05) is 53.2 Å². The van der Waals surface area contributed by atoms with E-state index >= 15 is 0 Å². The maximum Gasteiger partial charge on any atom is 0.271 e. The molecule has 0 aliphatic heterocycles. The van der Waals surface area contributed by atoms with Crippen molar-refractivity contribution in [2.24, 2.45) is 0 Å². The molecule has 0 saturated carbocycles. The summed E-state index contributed by atoms with van der Waals surface area (Å²) >= 11 is 13.4. The Labute approximate surface area is 207 Å². The molecule has 1 aromatic heterocycles. The molecule has 0 spiro atoms. The van der Waals surface area contributed by atoms with Gasteiger partial charge in [-0.25, -0.2) is 4.98 Å². The summed E-state index contributed by atoms with van der Waals surface area (Å²) in [7, 11) is 0. The molecule has 0 radical (unpaired) electrons. The normalized spacial score (nSPS) is 10.9. The Kier molecular flexibility index (Phi) is 6.87. The highest BCUT2D eigenvalue weighted by Gasteiger charge is 2.17. The van der Waals surface area contributed by atoms with Gasteiger partial charge >= 0.3 is 0 Å². The number of halogens is 2. The van der Waals surface area contributed by atoms with Crippen LogP contribution in [0.2, 0.25) is 10.0 Å². The summed E-state index contributed by atoms with van der Waals surface area (Å²) in [5.74, 6) is -0.505. The van der Waals surface area contributed by atoms with E-state index in [1.54, 1.807) is 42.5 Å². The standard InChI is InChI=1S/C23H16Cl2N4O4S/c1-13-6-7-14(10-17(13)24)28-22(31)16-4-2-3-5-19(16)27-23(28)34-12-21(30)26-20-9-8-15(29(32)33)11-18(20)25/h2-11H,12H2,1H3,(H,26,30). The minimum Gasteiger partial charge on any atom is -0.324 e. The van der Waals surface area contributed by atoms with Crippen LogP contribution in [0.1, 0.15) is 5.56 Å². The Morgan fingerprint density at radius 1 is 1.12 bits per heavy atom. The minimum absolute atomic E-state index is 0.0441. The summed E-state index contributed by atoms with van der Waals surface area (Å²) in [4.78, 5) is 40.8. The second-order valence-corrected chi connectivity index (χ2v) is 9.00. The van der Waals surface area contributed by atoms with Crippen LogP contribution in [0.25, 0.3) is 16.6 Å². The zero-order valence-electron chi connectivity index (χ0n) is 17.6. The van der Waals surface area contributed by atoms with E-state index in [-0.39, 0.29) is 27.7 Å². The SMILES string of the molecule is Cc1ccc(-n2c(SCC(=O)Nc3ccc([N+](=O)[O-])cc3Cl)nc3ccccc3c2=O)cc1Cl. The smallest absolute Gasteiger partial charge is 0.271 e. The first-order valence-electron chi connectivity index (χ1n) is 9.89. The van der Waals surface area contributed by atoms with Crippen molar-refractivity contribution in [2.75, 3.05) is 11.1 Å². The number of anilines is 1. The first-order chi connectivity index (χ1) is 16.2. The van der Waals surface area contributed by atoms with Crippen LogP contribution in [0.15, 0.2) is 70.6 Å². The van der Waals surface area contributed by atoms with E-state index < -0.39 is 10.8 Å². The molecule has 4 aromatic rings. The van der Waals surface area contributed by atoms with Crippen molar-refractivity contribution in [2.45, 2.75) is 12.1 Å². The van der Waals surface area contributed by atoms with Crippen LogP contribution in [-0.4, -0.2) is 26.1 Å². The monoisotopic (exact) mass is 514 g/mol. The molecule has 0 fully saturated rings. The van der Waals surface area contributed by atoms with Crippen LogP contribution in [-0.2, 0) is 4.79 Å². The molecule has 11 heteroatoms. The Hall–Kier alpha value is -3.40. The third-order valence-electron chi connectivity index (χ3n) is 4.93. The van der Waals surface area contributed by atoms with Crippen LogP contribution in [0.4, 0.5) is 11.4 Å². The van der Waals surface area contributed by atoms with Crippen LogP contribution in [0, 0.1) is 17.0 Å². The number of nitrogens with one attached hydrogen (secondary N) is 1. The van der Waals surface area contributed by atoms with Crippen molar-refractivity contribution in [3.63, 3.8) is 0 Å². The molecule has 0 saturated heterocycles. The number of benzene rings is 3. The van der Waals surface area contributed by atoms with Crippen molar-refractivity contribution in [1.82, 2.24) is 9.55 Å². The van der Waals surface area contributed by atoms with Gasteiger partial charge in [0.1, 0.15) is 0 Å². The number of thioether (sulfide) groups is 1. The Morgan fingerprint density at radius 3 is 2.59 bits per heavy atom. The van der Waals surface area contributed by atoms with Crippen LogP contribution < -0.4 is 10.9 Å². The van der Waals surface area contributed by atoms with Gasteiger partial charge in [0.2, 0.25) is 5.91 Å². The fourth-order valence-corrected chi connectivity index (χ4v) is 4.40. The first-order valence-corrected chi connectivity index (χ1v) is 11.6. The molecular weight excluding hydrogens is 499 g/mol. The topological polar surface area (TPSA) is 107 Å². The molecule has 34 heavy (non-hydrogen) atoms. The number of para-hydroxylation sites is 1. The molecule has 8 nitrogen and oxygen atoms in total. The largest absolute Gasteiger partial charge is 0.324 e. The number of hydrogen-bond donors (Lipinski definition) is 1. The summed E-state index contributed by atoms with van der Waals surface area (Å²) in [5, 5.41) is 14.8. The summed E-state index contributed by atoms with van der Waals surface area (Å²) in [5.41, 5.74) is 1.67. The molecule has 172 valence electrons.